The Labute approximate surface area is 177 Å². The summed E-state index contributed by atoms with van der Waals surface area (Å²) < 4.78 is 1.84. The number of allylic oxidation sites excluding steroid dienone is 3. The van der Waals surface area contributed by atoms with Gasteiger partial charge in [0.1, 0.15) is 5.01 Å². The fourth-order valence-electron chi connectivity index (χ4n) is 3.45. The highest BCUT2D eigenvalue weighted by molar-refractivity contribution is 7.16. The van der Waals surface area contributed by atoms with E-state index in [0.717, 1.165) is 56.5 Å². The van der Waals surface area contributed by atoms with Crippen LogP contribution in [0.2, 0.25) is 0 Å². The van der Waals surface area contributed by atoms with Crippen molar-refractivity contribution in [1.29, 1.82) is 0 Å². The van der Waals surface area contributed by atoms with Crippen molar-refractivity contribution in [1.82, 2.24) is 30.1 Å². The molecule has 0 bridgehead atoms. The van der Waals surface area contributed by atoms with Crippen molar-refractivity contribution in [3.8, 4) is 0 Å². The Hall–Kier alpha value is -3.23. The lowest BCUT2D eigenvalue weighted by atomic mass is 10.0. The van der Waals surface area contributed by atoms with Crippen LogP contribution >= 0.6 is 11.3 Å². The first kappa shape index (κ1) is 18.8. The number of pyridine rings is 1. The van der Waals surface area contributed by atoms with Crippen LogP contribution in [0.15, 0.2) is 53.2 Å². The quantitative estimate of drug-likeness (QED) is 0.540. The van der Waals surface area contributed by atoms with Gasteiger partial charge in [0.15, 0.2) is 5.82 Å². The summed E-state index contributed by atoms with van der Waals surface area (Å²) in [7, 11) is 1.91. The van der Waals surface area contributed by atoms with Gasteiger partial charge in [-0.25, -0.2) is 0 Å². The predicted molar refractivity (Wildman–Crippen MR) is 121 cm³/mol. The maximum Gasteiger partial charge on any atom is 0.234 e. The predicted octanol–water partition coefficient (Wildman–Crippen LogP) is 3.46. The summed E-state index contributed by atoms with van der Waals surface area (Å²) in [5.74, 6) is 0.839. The molecule has 3 aromatic heterocycles. The molecule has 7 nitrogen and oxygen atoms in total. The van der Waals surface area contributed by atoms with Crippen molar-refractivity contribution in [3.05, 3.63) is 70.1 Å². The van der Waals surface area contributed by atoms with Crippen LogP contribution in [0, 0.1) is 0 Å². The lowest BCUT2D eigenvalue weighted by Crippen LogP contribution is -2.06. The fourth-order valence-corrected chi connectivity index (χ4v) is 4.31. The van der Waals surface area contributed by atoms with Crippen molar-refractivity contribution in [3.63, 3.8) is 0 Å². The number of hydrogen-bond acceptors (Lipinski definition) is 7. The highest BCUT2D eigenvalue weighted by Crippen LogP contribution is 2.22. The fraction of sp³-hybridized carbons (Fsp3) is 0.227. The summed E-state index contributed by atoms with van der Waals surface area (Å²) in [5, 5.41) is 18.4. The molecule has 0 saturated carbocycles. The van der Waals surface area contributed by atoms with E-state index in [1.54, 1.807) is 11.3 Å². The summed E-state index contributed by atoms with van der Waals surface area (Å²) >= 11 is 1.56. The van der Waals surface area contributed by atoms with Gasteiger partial charge in [-0.05, 0) is 37.7 Å². The molecule has 1 aromatic carbocycles. The minimum Gasteiger partial charge on any atom is -0.313 e. The van der Waals surface area contributed by atoms with Crippen LogP contribution in [0.3, 0.4) is 0 Å². The van der Waals surface area contributed by atoms with E-state index in [2.05, 4.69) is 73.9 Å². The Balaban J connectivity index is 1.47. The molecule has 0 amide bonds. The van der Waals surface area contributed by atoms with E-state index in [1.807, 2.05) is 24.0 Å². The Morgan fingerprint density at radius 1 is 1.17 bits per heavy atom. The number of hydrogen-bond donors (Lipinski definition) is 1. The molecule has 1 N–H and O–H groups in total. The molecular formula is C22H21N7S. The van der Waals surface area contributed by atoms with Gasteiger partial charge in [0.2, 0.25) is 4.96 Å². The third-order valence-corrected chi connectivity index (χ3v) is 5.88. The number of nitrogens with zero attached hydrogens (tertiary/aromatic N) is 6. The molecule has 1 aliphatic rings. The SMILES string of the molecule is CNCc1nn2c(Cc3ccc4ncc(C5=CC=C(C)CN=C5)cc4c3)nnc2s1. The van der Waals surface area contributed by atoms with Gasteiger partial charge >= 0.3 is 0 Å². The molecule has 1 aliphatic heterocycles. The number of aromatic nitrogens is 5. The van der Waals surface area contributed by atoms with Crippen molar-refractivity contribution < 1.29 is 0 Å². The number of fused-ring (bicyclic) bond motifs is 2. The monoisotopic (exact) mass is 415 g/mol. The zero-order valence-electron chi connectivity index (χ0n) is 16.8. The van der Waals surface area contributed by atoms with Gasteiger partial charge in [0.05, 0.1) is 12.1 Å². The van der Waals surface area contributed by atoms with E-state index in [0.29, 0.717) is 6.42 Å². The normalized spacial score (nSPS) is 14.2. The molecule has 4 heterocycles. The third-order valence-electron chi connectivity index (χ3n) is 4.99. The Morgan fingerprint density at radius 3 is 3.00 bits per heavy atom. The van der Waals surface area contributed by atoms with E-state index in [1.165, 1.54) is 5.57 Å². The lowest BCUT2D eigenvalue weighted by Gasteiger charge is -2.06. The van der Waals surface area contributed by atoms with Gasteiger partial charge < -0.3 is 5.32 Å². The molecule has 30 heavy (non-hydrogen) atoms. The Kier molecular flexibility index (Phi) is 4.94. The van der Waals surface area contributed by atoms with E-state index < -0.39 is 0 Å². The van der Waals surface area contributed by atoms with Crippen LogP contribution in [-0.4, -0.2) is 44.6 Å². The Morgan fingerprint density at radius 2 is 2.10 bits per heavy atom. The van der Waals surface area contributed by atoms with Crippen molar-refractivity contribution in [2.75, 3.05) is 13.6 Å². The van der Waals surface area contributed by atoms with Gasteiger partial charge in [-0.3, -0.25) is 9.98 Å². The molecular weight excluding hydrogens is 394 g/mol. The summed E-state index contributed by atoms with van der Waals surface area (Å²) in [4.78, 5) is 9.95. The number of rotatable bonds is 5. The van der Waals surface area contributed by atoms with Gasteiger partial charge in [-0.1, -0.05) is 35.1 Å². The van der Waals surface area contributed by atoms with Crippen LogP contribution in [0.1, 0.15) is 28.9 Å². The highest BCUT2D eigenvalue weighted by atomic mass is 32.1. The average molecular weight is 416 g/mol. The van der Waals surface area contributed by atoms with Crippen LogP contribution < -0.4 is 5.32 Å². The molecule has 0 saturated heterocycles. The first-order valence-electron chi connectivity index (χ1n) is 9.80. The minimum atomic E-state index is 0.663. The number of nitrogens with one attached hydrogen (secondary N) is 1. The molecule has 5 rings (SSSR count). The van der Waals surface area contributed by atoms with Crippen molar-refractivity contribution in [2.24, 2.45) is 4.99 Å². The van der Waals surface area contributed by atoms with E-state index >= 15 is 0 Å². The standard InChI is InChI=1S/C22H21N7S/c1-14-3-5-16(11-24-10-14)18-9-17-7-15(4-6-19(17)25-12-18)8-20-26-27-22-29(20)28-21(30-22)13-23-2/h3-7,9,11-12,23H,8,10,13H2,1-2H3. The molecule has 0 atom stereocenters. The molecule has 8 heteroatoms. The van der Waals surface area contributed by atoms with Gasteiger partial charge in [0.25, 0.3) is 0 Å². The maximum atomic E-state index is 4.64. The first-order chi connectivity index (χ1) is 14.7. The zero-order valence-corrected chi connectivity index (χ0v) is 17.6. The second-order valence-electron chi connectivity index (χ2n) is 7.37. The first-order valence-corrected chi connectivity index (χ1v) is 10.6. The van der Waals surface area contributed by atoms with Gasteiger partial charge in [0, 0.05) is 41.9 Å². The van der Waals surface area contributed by atoms with E-state index in [9.17, 15) is 0 Å². The van der Waals surface area contributed by atoms with E-state index in [4.69, 9.17) is 0 Å². The van der Waals surface area contributed by atoms with Gasteiger partial charge in [-0.15, -0.1) is 10.2 Å². The third kappa shape index (κ3) is 3.67. The molecule has 4 aromatic rings. The number of benzene rings is 1. The van der Waals surface area contributed by atoms with Crippen LogP contribution in [-0.2, 0) is 13.0 Å². The largest absolute Gasteiger partial charge is 0.313 e. The van der Waals surface area contributed by atoms with Gasteiger partial charge in [-0.2, -0.15) is 9.61 Å². The zero-order chi connectivity index (χ0) is 20.5. The molecule has 0 fully saturated rings. The highest BCUT2D eigenvalue weighted by Gasteiger charge is 2.12. The van der Waals surface area contributed by atoms with E-state index in [-0.39, 0.29) is 0 Å². The average Bonchev–Trinajstić information content (AvgIpc) is 3.23. The van der Waals surface area contributed by atoms with Crippen LogP contribution in [0.25, 0.3) is 21.4 Å². The molecule has 0 unspecified atom stereocenters. The number of aliphatic imine (C=N–C) groups is 1. The van der Waals surface area contributed by atoms with Crippen LogP contribution in [0.4, 0.5) is 0 Å². The summed E-state index contributed by atoms with van der Waals surface area (Å²) in [6.07, 6.45) is 8.73. The molecule has 0 radical (unpaired) electrons. The topological polar surface area (TPSA) is 80.4 Å². The second-order valence-corrected chi connectivity index (χ2v) is 8.41. The smallest absolute Gasteiger partial charge is 0.234 e. The van der Waals surface area contributed by atoms with Crippen LogP contribution in [0.5, 0.6) is 0 Å². The molecule has 0 spiro atoms. The minimum absolute atomic E-state index is 0.663. The second kappa shape index (κ2) is 7.89. The summed E-state index contributed by atoms with van der Waals surface area (Å²) in [6, 6.07) is 8.49. The maximum absolute atomic E-state index is 4.64. The van der Waals surface area contributed by atoms with Crippen molar-refractivity contribution >= 4 is 39.0 Å². The molecule has 0 aliphatic carbocycles. The lowest BCUT2D eigenvalue weighted by molar-refractivity contribution is 0.762. The van der Waals surface area contributed by atoms with Crippen molar-refractivity contribution in [2.45, 2.75) is 19.9 Å². The summed E-state index contributed by atoms with van der Waals surface area (Å²) in [6.45, 7) is 3.56. The molecule has 150 valence electrons. The summed E-state index contributed by atoms with van der Waals surface area (Å²) in [5.41, 5.74) is 5.51. The Bertz CT molecular complexity index is 1330.